The number of hydrogen-bond acceptors (Lipinski definition) is 5. The summed E-state index contributed by atoms with van der Waals surface area (Å²) in [6.45, 7) is 4.01. The molecule has 2 aromatic rings. The first-order valence-electron chi connectivity index (χ1n) is 7.72. The minimum atomic E-state index is -0.0684. The average Bonchev–Trinajstić information content (AvgIpc) is 2.54. The van der Waals surface area contributed by atoms with Crippen LogP contribution >= 0.6 is 0 Å². The first-order chi connectivity index (χ1) is 11.0. The van der Waals surface area contributed by atoms with Crippen LogP contribution in [0.15, 0.2) is 24.8 Å². The summed E-state index contributed by atoms with van der Waals surface area (Å²) < 4.78 is 0. The lowest BCUT2D eigenvalue weighted by molar-refractivity contribution is 0.0727. The fourth-order valence-electron chi connectivity index (χ4n) is 2.88. The number of pyridine rings is 1. The van der Waals surface area contributed by atoms with Crippen molar-refractivity contribution in [3.63, 3.8) is 0 Å². The third-order valence-electron chi connectivity index (χ3n) is 4.00. The number of amides is 1. The lowest BCUT2D eigenvalue weighted by Crippen LogP contribution is -2.37. The Morgan fingerprint density at radius 1 is 1.22 bits per heavy atom. The van der Waals surface area contributed by atoms with Crippen molar-refractivity contribution < 1.29 is 4.79 Å². The van der Waals surface area contributed by atoms with Gasteiger partial charge >= 0.3 is 0 Å². The number of aromatic nitrogens is 3. The van der Waals surface area contributed by atoms with Crippen LogP contribution in [0.1, 0.15) is 32.9 Å². The van der Waals surface area contributed by atoms with Gasteiger partial charge in [0.05, 0.1) is 11.9 Å². The normalized spacial score (nSPS) is 14.0. The molecule has 6 heteroatoms. The van der Waals surface area contributed by atoms with Crippen molar-refractivity contribution in [2.45, 2.75) is 26.4 Å². The predicted molar refractivity (Wildman–Crippen MR) is 86.8 cm³/mol. The molecule has 1 aliphatic rings. The van der Waals surface area contributed by atoms with Crippen LogP contribution in [0.25, 0.3) is 0 Å². The number of hydrogen-bond donors (Lipinski definition) is 0. The van der Waals surface area contributed by atoms with E-state index in [1.807, 2.05) is 38.3 Å². The van der Waals surface area contributed by atoms with Crippen LogP contribution < -0.4 is 0 Å². The van der Waals surface area contributed by atoms with Gasteiger partial charge in [0, 0.05) is 38.2 Å². The molecule has 0 spiro atoms. The third kappa shape index (κ3) is 3.37. The quantitative estimate of drug-likeness (QED) is 0.858. The summed E-state index contributed by atoms with van der Waals surface area (Å²) in [6.07, 6.45) is 7.83. The summed E-state index contributed by atoms with van der Waals surface area (Å²) in [4.78, 5) is 29.2. The molecule has 0 saturated heterocycles. The maximum atomic E-state index is 12.6. The highest BCUT2D eigenvalue weighted by Crippen LogP contribution is 2.23. The van der Waals surface area contributed by atoms with Crippen LogP contribution in [0.2, 0.25) is 0 Å². The Hall–Kier alpha value is -2.34. The van der Waals surface area contributed by atoms with Crippen LogP contribution in [0.4, 0.5) is 0 Å². The highest BCUT2D eigenvalue weighted by molar-refractivity contribution is 5.92. The van der Waals surface area contributed by atoms with Gasteiger partial charge in [0.2, 0.25) is 0 Å². The summed E-state index contributed by atoms with van der Waals surface area (Å²) in [5.41, 5.74) is 4.91. The Morgan fingerprint density at radius 3 is 2.74 bits per heavy atom. The smallest absolute Gasteiger partial charge is 0.274 e. The summed E-state index contributed by atoms with van der Waals surface area (Å²) in [5.74, 6) is -0.0684. The highest BCUT2D eigenvalue weighted by atomic mass is 16.2. The highest BCUT2D eigenvalue weighted by Gasteiger charge is 2.24. The molecule has 3 heterocycles. The molecular weight excluding hydrogens is 290 g/mol. The monoisotopic (exact) mass is 311 g/mol. The van der Waals surface area contributed by atoms with Crippen LogP contribution in [0.5, 0.6) is 0 Å². The SMILES string of the molecule is Cc1cnc(C(=O)N2CCc3c(CN(C)C)cncc3C2)cn1. The number of rotatable bonds is 3. The summed E-state index contributed by atoms with van der Waals surface area (Å²) in [6, 6.07) is 0. The number of fused-ring (bicyclic) bond motifs is 1. The van der Waals surface area contributed by atoms with Gasteiger partial charge in [-0.1, -0.05) is 0 Å². The lowest BCUT2D eigenvalue weighted by Gasteiger charge is -2.30. The lowest BCUT2D eigenvalue weighted by atomic mass is 9.96. The summed E-state index contributed by atoms with van der Waals surface area (Å²) in [7, 11) is 4.10. The van der Waals surface area contributed by atoms with E-state index >= 15 is 0 Å². The minimum Gasteiger partial charge on any atom is -0.333 e. The molecule has 0 radical (unpaired) electrons. The van der Waals surface area contributed by atoms with E-state index in [1.54, 1.807) is 12.4 Å². The molecule has 0 unspecified atom stereocenters. The van der Waals surface area contributed by atoms with E-state index in [0.29, 0.717) is 18.8 Å². The van der Waals surface area contributed by atoms with Gasteiger partial charge < -0.3 is 9.80 Å². The van der Waals surface area contributed by atoms with Gasteiger partial charge in [0.25, 0.3) is 5.91 Å². The van der Waals surface area contributed by atoms with Crippen molar-refractivity contribution in [3.05, 3.63) is 52.9 Å². The molecule has 0 N–H and O–H groups in total. The van der Waals surface area contributed by atoms with Gasteiger partial charge in [-0.15, -0.1) is 0 Å². The molecule has 0 aliphatic carbocycles. The Bertz CT molecular complexity index is 711. The average molecular weight is 311 g/mol. The molecule has 0 saturated carbocycles. The Labute approximate surface area is 136 Å². The molecule has 0 aromatic carbocycles. The summed E-state index contributed by atoms with van der Waals surface area (Å²) >= 11 is 0. The molecule has 3 rings (SSSR count). The molecule has 1 amide bonds. The second-order valence-corrected chi connectivity index (χ2v) is 6.19. The first-order valence-corrected chi connectivity index (χ1v) is 7.72. The third-order valence-corrected chi connectivity index (χ3v) is 4.00. The summed E-state index contributed by atoms with van der Waals surface area (Å²) in [5, 5.41) is 0. The van der Waals surface area contributed by atoms with E-state index in [0.717, 1.165) is 24.2 Å². The van der Waals surface area contributed by atoms with Gasteiger partial charge in [-0.3, -0.25) is 14.8 Å². The molecule has 6 nitrogen and oxygen atoms in total. The standard InChI is InChI=1S/C17H21N5O/c1-12-6-20-16(9-19-12)17(23)22-5-4-15-13(10-21(2)3)7-18-8-14(15)11-22/h6-9H,4-5,10-11H2,1-3H3. The number of nitrogens with zero attached hydrogens (tertiary/aromatic N) is 5. The molecular formula is C17H21N5O. The zero-order valence-corrected chi connectivity index (χ0v) is 13.8. The number of carbonyl (C=O) groups is 1. The van der Waals surface area contributed by atoms with Crippen LogP contribution in [-0.2, 0) is 19.5 Å². The van der Waals surface area contributed by atoms with E-state index in [4.69, 9.17) is 0 Å². The van der Waals surface area contributed by atoms with E-state index in [-0.39, 0.29) is 5.91 Å². The number of aryl methyl sites for hydroxylation is 1. The molecule has 23 heavy (non-hydrogen) atoms. The van der Waals surface area contributed by atoms with Gasteiger partial charge in [0.15, 0.2) is 0 Å². The number of carbonyl (C=O) groups excluding carboxylic acids is 1. The topological polar surface area (TPSA) is 62.2 Å². The second-order valence-electron chi connectivity index (χ2n) is 6.19. The maximum Gasteiger partial charge on any atom is 0.274 e. The van der Waals surface area contributed by atoms with E-state index in [1.165, 1.54) is 11.1 Å². The first kappa shape index (κ1) is 15.6. The van der Waals surface area contributed by atoms with Gasteiger partial charge in [-0.05, 0) is 44.1 Å². The van der Waals surface area contributed by atoms with Crippen molar-refractivity contribution in [2.75, 3.05) is 20.6 Å². The Kier molecular flexibility index (Phi) is 4.34. The van der Waals surface area contributed by atoms with Crippen molar-refractivity contribution >= 4 is 5.91 Å². The van der Waals surface area contributed by atoms with Crippen molar-refractivity contribution in [2.24, 2.45) is 0 Å². The molecule has 0 bridgehead atoms. The van der Waals surface area contributed by atoms with Crippen LogP contribution in [0.3, 0.4) is 0 Å². The van der Waals surface area contributed by atoms with Crippen LogP contribution in [0, 0.1) is 6.92 Å². The maximum absolute atomic E-state index is 12.6. The Morgan fingerprint density at radius 2 is 2.04 bits per heavy atom. The van der Waals surface area contributed by atoms with Crippen molar-refractivity contribution in [1.82, 2.24) is 24.8 Å². The minimum absolute atomic E-state index is 0.0684. The van der Waals surface area contributed by atoms with E-state index < -0.39 is 0 Å². The zero-order valence-electron chi connectivity index (χ0n) is 13.8. The van der Waals surface area contributed by atoms with E-state index in [9.17, 15) is 4.79 Å². The molecule has 1 aliphatic heterocycles. The molecule has 2 aromatic heterocycles. The van der Waals surface area contributed by atoms with Gasteiger partial charge in [0.1, 0.15) is 5.69 Å². The van der Waals surface area contributed by atoms with Crippen molar-refractivity contribution in [1.29, 1.82) is 0 Å². The van der Waals surface area contributed by atoms with Gasteiger partial charge in [-0.2, -0.15) is 0 Å². The second kappa shape index (κ2) is 6.42. The van der Waals surface area contributed by atoms with Crippen molar-refractivity contribution in [3.8, 4) is 0 Å². The van der Waals surface area contributed by atoms with E-state index in [2.05, 4.69) is 19.9 Å². The largest absolute Gasteiger partial charge is 0.333 e. The fourth-order valence-corrected chi connectivity index (χ4v) is 2.88. The fraction of sp³-hybridized carbons (Fsp3) is 0.412. The molecule has 0 fully saturated rings. The molecule has 0 atom stereocenters. The zero-order chi connectivity index (χ0) is 16.4. The molecule has 120 valence electrons. The Balaban J connectivity index is 1.80. The predicted octanol–water partition coefficient (Wildman–Crippen LogP) is 1.44. The van der Waals surface area contributed by atoms with Gasteiger partial charge in [-0.25, -0.2) is 4.98 Å². The van der Waals surface area contributed by atoms with Crippen LogP contribution in [-0.4, -0.2) is 51.3 Å².